The fourth-order valence-corrected chi connectivity index (χ4v) is 3.46. The molecule has 10 heavy (non-hydrogen) atoms. The first kappa shape index (κ1) is 8.06. The SMILES string of the molecule is C[Si](C)(C)[C@H]1CC=CCC1. The molecule has 0 aliphatic heterocycles. The van der Waals surface area contributed by atoms with E-state index in [9.17, 15) is 0 Å². The minimum Gasteiger partial charge on any atom is -0.0885 e. The first-order chi connectivity index (χ1) is 4.61. The summed E-state index contributed by atoms with van der Waals surface area (Å²) < 4.78 is 0. The molecule has 0 aromatic carbocycles. The van der Waals surface area contributed by atoms with Crippen molar-refractivity contribution in [1.29, 1.82) is 0 Å². The molecule has 0 fully saturated rings. The summed E-state index contributed by atoms with van der Waals surface area (Å²) in [4.78, 5) is 0. The van der Waals surface area contributed by atoms with Gasteiger partial charge in [0.15, 0.2) is 0 Å². The van der Waals surface area contributed by atoms with Crippen LogP contribution in [0.25, 0.3) is 0 Å². The van der Waals surface area contributed by atoms with E-state index in [1.165, 1.54) is 19.3 Å². The Kier molecular flexibility index (Phi) is 2.35. The first-order valence-corrected chi connectivity index (χ1v) is 7.83. The van der Waals surface area contributed by atoms with Gasteiger partial charge in [-0.05, 0) is 24.8 Å². The van der Waals surface area contributed by atoms with Crippen LogP contribution >= 0.6 is 0 Å². The quantitative estimate of drug-likeness (QED) is 0.401. The van der Waals surface area contributed by atoms with Gasteiger partial charge in [0.1, 0.15) is 0 Å². The van der Waals surface area contributed by atoms with Gasteiger partial charge in [0.2, 0.25) is 0 Å². The molecule has 1 aliphatic rings. The zero-order valence-electron chi connectivity index (χ0n) is 7.35. The van der Waals surface area contributed by atoms with Crippen LogP contribution in [-0.4, -0.2) is 8.07 Å². The summed E-state index contributed by atoms with van der Waals surface area (Å²) in [6.45, 7) is 7.45. The third-order valence-corrected chi connectivity index (χ3v) is 5.47. The fourth-order valence-electron chi connectivity index (χ4n) is 1.58. The van der Waals surface area contributed by atoms with Crippen LogP contribution in [0.2, 0.25) is 25.2 Å². The van der Waals surface area contributed by atoms with E-state index >= 15 is 0 Å². The lowest BCUT2D eigenvalue weighted by molar-refractivity contribution is 0.703. The monoisotopic (exact) mass is 154 g/mol. The highest BCUT2D eigenvalue weighted by Gasteiger charge is 2.25. The third-order valence-electron chi connectivity index (χ3n) is 2.49. The van der Waals surface area contributed by atoms with Crippen LogP contribution in [0, 0.1) is 0 Å². The summed E-state index contributed by atoms with van der Waals surface area (Å²) in [6.07, 6.45) is 8.83. The van der Waals surface area contributed by atoms with E-state index in [0.29, 0.717) is 0 Å². The fraction of sp³-hybridized carbons (Fsp3) is 0.778. The van der Waals surface area contributed by atoms with Crippen molar-refractivity contribution in [2.75, 3.05) is 0 Å². The van der Waals surface area contributed by atoms with Crippen LogP contribution in [0.15, 0.2) is 12.2 Å². The average Bonchev–Trinajstić information content (AvgIpc) is 1.88. The van der Waals surface area contributed by atoms with Crippen molar-refractivity contribution in [1.82, 2.24) is 0 Å². The minimum atomic E-state index is -0.808. The maximum absolute atomic E-state index is 2.48. The molecule has 1 atom stereocenters. The van der Waals surface area contributed by atoms with Crippen molar-refractivity contribution in [2.45, 2.75) is 44.4 Å². The molecule has 0 aromatic rings. The molecule has 0 spiro atoms. The summed E-state index contributed by atoms with van der Waals surface area (Å²) in [7, 11) is -0.808. The standard InChI is InChI=1S/C9H18Si/c1-10(2,3)9-7-5-4-6-8-9/h4-5,9H,6-8H2,1-3H3/t9-/m0/s1. The van der Waals surface area contributed by atoms with Crippen molar-refractivity contribution in [3.63, 3.8) is 0 Å². The first-order valence-electron chi connectivity index (χ1n) is 4.26. The molecule has 1 rings (SSSR count). The normalized spacial score (nSPS) is 26.9. The second-order valence-corrected chi connectivity index (χ2v) is 9.90. The predicted octanol–water partition coefficient (Wildman–Crippen LogP) is 3.43. The molecule has 0 saturated heterocycles. The number of rotatable bonds is 1. The van der Waals surface area contributed by atoms with Crippen LogP contribution in [0.1, 0.15) is 19.3 Å². The molecule has 0 saturated carbocycles. The Labute approximate surface area is 65.3 Å². The van der Waals surface area contributed by atoms with Gasteiger partial charge in [-0.2, -0.15) is 0 Å². The second-order valence-electron chi connectivity index (χ2n) is 4.35. The van der Waals surface area contributed by atoms with Gasteiger partial charge in [0.05, 0.1) is 0 Å². The summed E-state index contributed by atoms with van der Waals surface area (Å²) in [5.74, 6) is 0. The summed E-state index contributed by atoms with van der Waals surface area (Å²) in [6, 6.07) is 0. The molecule has 0 radical (unpaired) electrons. The molecule has 0 heterocycles. The molecule has 0 bridgehead atoms. The molecular weight excluding hydrogens is 136 g/mol. The van der Waals surface area contributed by atoms with Crippen LogP contribution in [-0.2, 0) is 0 Å². The Morgan fingerprint density at radius 3 is 2.20 bits per heavy atom. The van der Waals surface area contributed by atoms with E-state index in [1.54, 1.807) is 0 Å². The summed E-state index contributed by atoms with van der Waals surface area (Å²) in [5.41, 5.74) is 1.05. The van der Waals surface area contributed by atoms with Gasteiger partial charge in [-0.1, -0.05) is 31.8 Å². The molecule has 1 aliphatic carbocycles. The van der Waals surface area contributed by atoms with E-state index < -0.39 is 8.07 Å². The van der Waals surface area contributed by atoms with Gasteiger partial charge < -0.3 is 0 Å². The van der Waals surface area contributed by atoms with Crippen molar-refractivity contribution in [3.8, 4) is 0 Å². The van der Waals surface area contributed by atoms with Crippen LogP contribution in [0.3, 0.4) is 0 Å². The number of allylic oxidation sites excluding steroid dienone is 2. The molecule has 0 unspecified atom stereocenters. The topological polar surface area (TPSA) is 0 Å². The maximum atomic E-state index is 2.48. The van der Waals surface area contributed by atoms with E-state index in [-0.39, 0.29) is 0 Å². The lowest BCUT2D eigenvalue weighted by Gasteiger charge is -2.29. The van der Waals surface area contributed by atoms with Crippen LogP contribution in [0.5, 0.6) is 0 Å². The summed E-state index contributed by atoms with van der Waals surface area (Å²) >= 11 is 0. The smallest absolute Gasteiger partial charge is 0.0476 e. The van der Waals surface area contributed by atoms with Gasteiger partial charge in [0.25, 0.3) is 0 Å². The summed E-state index contributed by atoms with van der Waals surface area (Å²) in [5, 5.41) is 0. The van der Waals surface area contributed by atoms with Crippen molar-refractivity contribution >= 4 is 8.07 Å². The van der Waals surface area contributed by atoms with E-state index in [2.05, 4.69) is 31.8 Å². The van der Waals surface area contributed by atoms with Crippen molar-refractivity contribution in [3.05, 3.63) is 12.2 Å². The van der Waals surface area contributed by atoms with Gasteiger partial charge >= 0.3 is 0 Å². The van der Waals surface area contributed by atoms with Gasteiger partial charge in [-0.25, -0.2) is 0 Å². The van der Waals surface area contributed by atoms with Gasteiger partial charge in [-0.15, -0.1) is 0 Å². The zero-order valence-corrected chi connectivity index (χ0v) is 8.35. The maximum Gasteiger partial charge on any atom is 0.0476 e. The molecule has 0 nitrogen and oxygen atoms in total. The highest BCUT2D eigenvalue weighted by atomic mass is 28.3. The molecular formula is C9H18Si. The van der Waals surface area contributed by atoms with Crippen molar-refractivity contribution < 1.29 is 0 Å². The Balaban J connectivity index is 2.49. The Hall–Kier alpha value is -0.0431. The Morgan fingerprint density at radius 2 is 1.90 bits per heavy atom. The minimum absolute atomic E-state index is 0.808. The molecule has 0 aromatic heterocycles. The second kappa shape index (κ2) is 2.91. The third kappa shape index (κ3) is 1.98. The van der Waals surface area contributed by atoms with Crippen LogP contribution in [0.4, 0.5) is 0 Å². The van der Waals surface area contributed by atoms with E-state index in [1.807, 2.05) is 0 Å². The van der Waals surface area contributed by atoms with Crippen molar-refractivity contribution in [2.24, 2.45) is 0 Å². The van der Waals surface area contributed by atoms with E-state index in [4.69, 9.17) is 0 Å². The van der Waals surface area contributed by atoms with E-state index in [0.717, 1.165) is 5.54 Å². The highest BCUT2D eigenvalue weighted by molar-refractivity contribution is 6.77. The Morgan fingerprint density at radius 1 is 1.20 bits per heavy atom. The highest BCUT2D eigenvalue weighted by Crippen LogP contribution is 2.33. The Bertz CT molecular complexity index is 130. The molecule has 0 amide bonds. The lowest BCUT2D eigenvalue weighted by Crippen LogP contribution is -2.28. The molecule has 58 valence electrons. The molecule has 0 N–H and O–H groups in total. The largest absolute Gasteiger partial charge is 0.0885 e. The van der Waals surface area contributed by atoms with Gasteiger partial charge in [0, 0.05) is 8.07 Å². The predicted molar refractivity (Wildman–Crippen MR) is 50.1 cm³/mol. The van der Waals surface area contributed by atoms with Gasteiger partial charge in [-0.3, -0.25) is 0 Å². The zero-order chi connectivity index (χ0) is 7.61. The van der Waals surface area contributed by atoms with Crippen LogP contribution < -0.4 is 0 Å². The molecule has 1 heteroatoms. The number of hydrogen-bond donors (Lipinski definition) is 0. The average molecular weight is 154 g/mol. The number of hydrogen-bond acceptors (Lipinski definition) is 0. The lowest BCUT2D eigenvalue weighted by atomic mass is 10.1.